The summed E-state index contributed by atoms with van der Waals surface area (Å²) >= 11 is 0. The van der Waals surface area contributed by atoms with E-state index in [9.17, 15) is 0 Å². The van der Waals surface area contributed by atoms with Crippen LogP contribution in [-0.2, 0) is 12.8 Å². The molecule has 1 aliphatic rings. The predicted molar refractivity (Wildman–Crippen MR) is 77.2 cm³/mol. The van der Waals surface area contributed by atoms with Crippen LogP contribution in [0, 0.1) is 0 Å². The van der Waals surface area contributed by atoms with Crippen molar-refractivity contribution in [3.63, 3.8) is 0 Å². The quantitative estimate of drug-likeness (QED) is 0.850. The molecule has 0 fully saturated rings. The highest BCUT2D eigenvalue weighted by molar-refractivity contribution is 5.57. The van der Waals surface area contributed by atoms with Gasteiger partial charge in [-0.2, -0.15) is 0 Å². The minimum absolute atomic E-state index is 0.619. The molecule has 18 heavy (non-hydrogen) atoms. The second-order valence-corrected chi connectivity index (χ2v) is 5.04. The molecule has 0 radical (unpaired) electrons. The number of fused-ring (bicyclic) bond motifs is 1. The summed E-state index contributed by atoms with van der Waals surface area (Å²) in [4.78, 5) is 0. The van der Waals surface area contributed by atoms with E-state index in [0.717, 1.165) is 19.4 Å². The van der Waals surface area contributed by atoms with Gasteiger partial charge in [0.1, 0.15) is 0 Å². The molecule has 1 heteroatoms. The first-order chi connectivity index (χ1) is 8.86. The Hall–Kier alpha value is -1.76. The van der Waals surface area contributed by atoms with E-state index in [1.54, 1.807) is 0 Å². The second kappa shape index (κ2) is 4.85. The number of nitrogens with one attached hydrogen (secondary N) is 1. The highest BCUT2D eigenvalue weighted by atomic mass is 14.9. The number of para-hydroxylation sites is 1. The van der Waals surface area contributed by atoms with Crippen molar-refractivity contribution in [2.75, 3.05) is 11.9 Å². The van der Waals surface area contributed by atoms with Crippen LogP contribution in [0.5, 0.6) is 0 Å². The zero-order valence-corrected chi connectivity index (χ0v) is 10.8. The third-order valence-electron chi connectivity index (χ3n) is 3.85. The molecule has 0 amide bonds. The molecule has 2 aromatic carbocycles. The maximum atomic E-state index is 3.49. The van der Waals surface area contributed by atoms with E-state index in [4.69, 9.17) is 0 Å². The topological polar surface area (TPSA) is 12.0 Å². The van der Waals surface area contributed by atoms with E-state index in [2.05, 4.69) is 60.8 Å². The first kappa shape index (κ1) is 11.3. The van der Waals surface area contributed by atoms with E-state index in [-0.39, 0.29) is 0 Å². The van der Waals surface area contributed by atoms with Gasteiger partial charge in [0.2, 0.25) is 0 Å². The van der Waals surface area contributed by atoms with Gasteiger partial charge in [-0.1, -0.05) is 49.4 Å². The minimum Gasteiger partial charge on any atom is -0.384 e. The maximum Gasteiger partial charge on any atom is 0.0376 e. The maximum absolute atomic E-state index is 3.49. The van der Waals surface area contributed by atoms with Gasteiger partial charge in [0.25, 0.3) is 0 Å². The van der Waals surface area contributed by atoms with Crippen molar-refractivity contribution in [3.8, 4) is 0 Å². The summed E-state index contributed by atoms with van der Waals surface area (Å²) in [5, 5.41) is 3.49. The van der Waals surface area contributed by atoms with Crippen molar-refractivity contribution in [1.29, 1.82) is 0 Å². The van der Waals surface area contributed by atoms with Crippen LogP contribution in [0.1, 0.15) is 29.5 Å². The lowest BCUT2D eigenvalue weighted by Crippen LogP contribution is -2.05. The van der Waals surface area contributed by atoms with Crippen LogP contribution in [0.3, 0.4) is 0 Å². The van der Waals surface area contributed by atoms with Crippen molar-refractivity contribution in [3.05, 3.63) is 65.2 Å². The van der Waals surface area contributed by atoms with Crippen molar-refractivity contribution in [2.45, 2.75) is 25.7 Å². The van der Waals surface area contributed by atoms with Gasteiger partial charge in [-0.15, -0.1) is 0 Å². The van der Waals surface area contributed by atoms with Crippen LogP contribution in [0.25, 0.3) is 0 Å². The molecule has 1 heterocycles. The van der Waals surface area contributed by atoms with Gasteiger partial charge in [0.15, 0.2) is 0 Å². The lowest BCUT2D eigenvalue weighted by molar-refractivity contribution is 0.751. The third-order valence-corrected chi connectivity index (χ3v) is 3.85. The molecule has 92 valence electrons. The fraction of sp³-hybridized carbons (Fsp3) is 0.294. The van der Waals surface area contributed by atoms with Crippen LogP contribution < -0.4 is 5.32 Å². The van der Waals surface area contributed by atoms with E-state index in [1.165, 1.54) is 22.4 Å². The highest BCUT2D eigenvalue weighted by Gasteiger charge is 2.21. The number of benzene rings is 2. The average molecular weight is 237 g/mol. The largest absolute Gasteiger partial charge is 0.384 e. The van der Waals surface area contributed by atoms with E-state index in [1.807, 2.05) is 0 Å². The standard InChI is InChI=1S/C17H19N/c1-2-13-7-9-14(10-8-13)11-15-12-18-17-6-4-3-5-16(15)17/h3-10,15,18H,2,11-12H2,1H3. The summed E-state index contributed by atoms with van der Waals surface area (Å²) in [7, 11) is 0. The fourth-order valence-electron chi connectivity index (χ4n) is 2.73. The van der Waals surface area contributed by atoms with Gasteiger partial charge < -0.3 is 5.32 Å². The molecular weight excluding hydrogens is 218 g/mol. The third kappa shape index (κ3) is 2.13. The Morgan fingerprint density at radius 2 is 1.72 bits per heavy atom. The molecule has 1 N–H and O–H groups in total. The average Bonchev–Trinajstić information content (AvgIpc) is 2.83. The van der Waals surface area contributed by atoms with Gasteiger partial charge >= 0.3 is 0 Å². The Balaban J connectivity index is 1.77. The fourth-order valence-corrected chi connectivity index (χ4v) is 2.73. The van der Waals surface area contributed by atoms with Gasteiger partial charge in [-0.05, 0) is 35.6 Å². The Bertz CT molecular complexity index is 528. The zero-order chi connectivity index (χ0) is 12.4. The summed E-state index contributed by atoms with van der Waals surface area (Å²) in [6, 6.07) is 17.7. The molecule has 3 rings (SSSR count). The SMILES string of the molecule is CCc1ccc(CC2CNc3ccccc32)cc1. The molecule has 0 aliphatic carbocycles. The number of rotatable bonds is 3. The van der Waals surface area contributed by atoms with Crippen LogP contribution in [0.2, 0.25) is 0 Å². The first-order valence-electron chi connectivity index (χ1n) is 6.77. The van der Waals surface area contributed by atoms with Crippen LogP contribution in [-0.4, -0.2) is 6.54 Å². The van der Waals surface area contributed by atoms with E-state index in [0.29, 0.717) is 5.92 Å². The number of hydrogen-bond acceptors (Lipinski definition) is 1. The van der Waals surface area contributed by atoms with Crippen LogP contribution >= 0.6 is 0 Å². The highest BCUT2D eigenvalue weighted by Crippen LogP contribution is 2.33. The smallest absolute Gasteiger partial charge is 0.0376 e. The van der Waals surface area contributed by atoms with E-state index < -0.39 is 0 Å². The summed E-state index contributed by atoms with van der Waals surface area (Å²) in [6.45, 7) is 3.26. The molecule has 1 nitrogen and oxygen atoms in total. The van der Waals surface area contributed by atoms with Crippen molar-refractivity contribution < 1.29 is 0 Å². The number of anilines is 1. The molecule has 1 unspecified atom stereocenters. The minimum atomic E-state index is 0.619. The Morgan fingerprint density at radius 3 is 2.50 bits per heavy atom. The van der Waals surface area contributed by atoms with Crippen molar-refractivity contribution >= 4 is 5.69 Å². The molecule has 2 aromatic rings. The summed E-state index contributed by atoms with van der Waals surface area (Å²) in [5.74, 6) is 0.619. The van der Waals surface area contributed by atoms with Gasteiger partial charge in [0.05, 0.1) is 0 Å². The molecule has 0 bridgehead atoms. The molecule has 1 atom stereocenters. The number of aryl methyl sites for hydroxylation is 1. The summed E-state index contributed by atoms with van der Waals surface area (Å²) in [5.41, 5.74) is 5.64. The van der Waals surface area contributed by atoms with Gasteiger partial charge in [-0.3, -0.25) is 0 Å². The Labute approximate surface area is 109 Å². The van der Waals surface area contributed by atoms with Gasteiger partial charge in [-0.25, -0.2) is 0 Å². The van der Waals surface area contributed by atoms with Crippen molar-refractivity contribution in [1.82, 2.24) is 0 Å². The Morgan fingerprint density at radius 1 is 1.00 bits per heavy atom. The molecule has 0 saturated heterocycles. The van der Waals surface area contributed by atoms with Crippen molar-refractivity contribution in [2.24, 2.45) is 0 Å². The predicted octanol–water partition coefficient (Wildman–Crippen LogP) is 4.00. The second-order valence-electron chi connectivity index (χ2n) is 5.04. The molecular formula is C17H19N. The van der Waals surface area contributed by atoms with Crippen LogP contribution in [0.15, 0.2) is 48.5 Å². The lowest BCUT2D eigenvalue weighted by Gasteiger charge is -2.10. The zero-order valence-electron chi connectivity index (χ0n) is 10.8. The van der Waals surface area contributed by atoms with E-state index >= 15 is 0 Å². The van der Waals surface area contributed by atoms with Crippen LogP contribution in [0.4, 0.5) is 5.69 Å². The summed E-state index contributed by atoms with van der Waals surface area (Å²) in [6.07, 6.45) is 2.25. The Kier molecular flexibility index (Phi) is 3.06. The molecule has 0 spiro atoms. The molecule has 0 saturated carbocycles. The summed E-state index contributed by atoms with van der Waals surface area (Å²) < 4.78 is 0. The van der Waals surface area contributed by atoms with Gasteiger partial charge in [0, 0.05) is 18.2 Å². The lowest BCUT2D eigenvalue weighted by atomic mass is 9.93. The first-order valence-corrected chi connectivity index (χ1v) is 6.77. The number of hydrogen-bond donors (Lipinski definition) is 1. The monoisotopic (exact) mass is 237 g/mol. The normalized spacial score (nSPS) is 17.3. The molecule has 1 aliphatic heterocycles. The molecule has 0 aromatic heterocycles.